The summed E-state index contributed by atoms with van der Waals surface area (Å²) in [6.45, 7) is -0.0488. The quantitative estimate of drug-likeness (QED) is 0.784. The van der Waals surface area contributed by atoms with E-state index in [0.717, 1.165) is 4.47 Å². The van der Waals surface area contributed by atoms with E-state index in [-0.39, 0.29) is 12.5 Å². The Morgan fingerprint density at radius 3 is 2.62 bits per heavy atom. The molecule has 0 bridgehead atoms. The van der Waals surface area contributed by atoms with E-state index in [0.29, 0.717) is 5.69 Å². The lowest BCUT2D eigenvalue weighted by atomic mass is 10.3. The van der Waals surface area contributed by atoms with Gasteiger partial charge in [0.05, 0.1) is 12.2 Å². The van der Waals surface area contributed by atoms with E-state index in [2.05, 4.69) is 31.9 Å². The zero-order valence-corrected chi connectivity index (χ0v) is 10.3. The Kier molecular flexibility index (Phi) is 4.78. The molecule has 0 heterocycles. The number of hydrogen-bond donors (Lipinski definition) is 3. The number of hydrogen-bond acceptors (Lipinski definition) is 2. The monoisotopic (exact) mass is 285 g/mol. The first-order valence-corrected chi connectivity index (χ1v) is 5.42. The van der Waals surface area contributed by atoms with E-state index in [4.69, 9.17) is 0 Å². The first kappa shape index (κ1) is 12.5. The van der Waals surface area contributed by atoms with Gasteiger partial charge in [0, 0.05) is 11.5 Å². The second kappa shape index (κ2) is 6.12. The first-order valence-electron chi connectivity index (χ1n) is 4.63. The van der Waals surface area contributed by atoms with Crippen molar-refractivity contribution >= 4 is 33.6 Å². The van der Waals surface area contributed by atoms with Crippen molar-refractivity contribution in [3.8, 4) is 0 Å². The fourth-order valence-corrected chi connectivity index (χ4v) is 1.36. The maximum absolute atomic E-state index is 11.4. The van der Waals surface area contributed by atoms with Crippen molar-refractivity contribution in [1.82, 2.24) is 10.6 Å². The number of urea groups is 1. The Morgan fingerprint density at radius 1 is 1.31 bits per heavy atom. The van der Waals surface area contributed by atoms with Crippen LogP contribution in [0.15, 0.2) is 28.7 Å². The Bertz CT molecular complexity index is 395. The molecule has 6 heteroatoms. The van der Waals surface area contributed by atoms with Gasteiger partial charge in [0.15, 0.2) is 0 Å². The van der Waals surface area contributed by atoms with Crippen molar-refractivity contribution in [2.24, 2.45) is 0 Å². The number of anilines is 1. The summed E-state index contributed by atoms with van der Waals surface area (Å²) in [5, 5.41) is 7.44. The van der Waals surface area contributed by atoms with Gasteiger partial charge in [-0.2, -0.15) is 0 Å². The molecule has 1 rings (SSSR count). The third kappa shape index (κ3) is 3.90. The number of amides is 3. The Morgan fingerprint density at radius 2 is 2.00 bits per heavy atom. The Labute approximate surface area is 102 Å². The SMILES string of the molecule is CNC(=O)CNC(=O)Nc1ccccc1Br. The van der Waals surface area contributed by atoms with Crippen molar-refractivity contribution < 1.29 is 9.59 Å². The summed E-state index contributed by atoms with van der Waals surface area (Å²) in [5.41, 5.74) is 0.650. The normalized spacial score (nSPS) is 9.38. The minimum atomic E-state index is -0.421. The number of carbonyl (C=O) groups excluding carboxylic acids is 2. The van der Waals surface area contributed by atoms with E-state index in [1.54, 1.807) is 12.1 Å². The number of likely N-dealkylation sites (N-methyl/N-ethyl adjacent to an activating group) is 1. The van der Waals surface area contributed by atoms with Gasteiger partial charge < -0.3 is 16.0 Å². The molecule has 0 aliphatic carbocycles. The number of benzene rings is 1. The first-order chi connectivity index (χ1) is 7.63. The average Bonchev–Trinajstić information content (AvgIpc) is 2.29. The van der Waals surface area contributed by atoms with Gasteiger partial charge in [0.1, 0.15) is 0 Å². The zero-order valence-electron chi connectivity index (χ0n) is 8.71. The molecule has 5 nitrogen and oxygen atoms in total. The molecule has 0 saturated carbocycles. The standard InChI is InChI=1S/C10H12BrN3O2/c1-12-9(15)6-13-10(16)14-8-5-3-2-4-7(8)11/h2-5H,6H2,1H3,(H,12,15)(H2,13,14,16). The van der Waals surface area contributed by atoms with Gasteiger partial charge in [-0.05, 0) is 28.1 Å². The van der Waals surface area contributed by atoms with Crippen LogP contribution < -0.4 is 16.0 Å². The van der Waals surface area contributed by atoms with Crippen LogP contribution in [0.2, 0.25) is 0 Å². The van der Waals surface area contributed by atoms with Crippen LogP contribution in [0.3, 0.4) is 0 Å². The largest absolute Gasteiger partial charge is 0.358 e. The molecule has 0 saturated heterocycles. The lowest BCUT2D eigenvalue weighted by Crippen LogP contribution is -2.37. The van der Waals surface area contributed by atoms with Crippen molar-refractivity contribution in [2.45, 2.75) is 0 Å². The van der Waals surface area contributed by atoms with Crippen molar-refractivity contribution in [1.29, 1.82) is 0 Å². The predicted molar refractivity (Wildman–Crippen MR) is 65.2 cm³/mol. The number of para-hydroxylation sites is 1. The van der Waals surface area contributed by atoms with Crippen LogP contribution in [0, 0.1) is 0 Å². The molecule has 0 spiro atoms. The van der Waals surface area contributed by atoms with Gasteiger partial charge in [-0.1, -0.05) is 12.1 Å². The average molecular weight is 286 g/mol. The molecule has 0 radical (unpaired) electrons. The molecular formula is C10H12BrN3O2. The summed E-state index contributed by atoms with van der Waals surface area (Å²) in [7, 11) is 1.51. The Hall–Kier alpha value is -1.56. The molecule has 1 aromatic rings. The van der Waals surface area contributed by atoms with E-state index < -0.39 is 6.03 Å². The second-order valence-corrected chi connectivity index (χ2v) is 3.82. The van der Waals surface area contributed by atoms with Gasteiger partial charge in [-0.25, -0.2) is 4.79 Å². The molecule has 0 unspecified atom stereocenters. The highest BCUT2D eigenvalue weighted by atomic mass is 79.9. The van der Waals surface area contributed by atoms with Gasteiger partial charge in [-0.3, -0.25) is 4.79 Å². The topological polar surface area (TPSA) is 70.2 Å². The summed E-state index contributed by atoms with van der Waals surface area (Å²) in [6.07, 6.45) is 0. The summed E-state index contributed by atoms with van der Waals surface area (Å²) in [5.74, 6) is -0.248. The van der Waals surface area contributed by atoms with E-state index in [1.165, 1.54) is 7.05 Å². The smallest absolute Gasteiger partial charge is 0.319 e. The molecule has 0 aliphatic rings. The summed E-state index contributed by atoms with van der Waals surface area (Å²) >= 11 is 3.30. The van der Waals surface area contributed by atoms with Gasteiger partial charge in [0.25, 0.3) is 0 Å². The van der Waals surface area contributed by atoms with Crippen LogP contribution in [0.5, 0.6) is 0 Å². The number of rotatable bonds is 3. The zero-order chi connectivity index (χ0) is 12.0. The van der Waals surface area contributed by atoms with E-state index in [1.807, 2.05) is 12.1 Å². The van der Waals surface area contributed by atoms with Crippen LogP contribution >= 0.6 is 15.9 Å². The van der Waals surface area contributed by atoms with Crippen LogP contribution in [-0.4, -0.2) is 25.5 Å². The lowest BCUT2D eigenvalue weighted by Gasteiger charge is -2.08. The number of nitrogens with one attached hydrogen (secondary N) is 3. The molecule has 0 aliphatic heterocycles. The van der Waals surface area contributed by atoms with Crippen LogP contribution in [0.1, 0.15) is 0 Å². The summed E-state index contributed by atoms with van der Waals surface area (Å²) in [6, 6.07) is 6.80. The maximum atomic E-state index is 11.4. The maximum Gasteiger partial charge on any atom is 0.319 e. The molecule has 16 heavy (non-hydrogen) atoms. The molecule has 0 fully saturated rings. The molecule has 3 N–H and O–H groups in total. The third-order valence-corrected chi connectivity index (χ3v) is 2.50. The molecule has 3 amide bonds. The minimum absolute atomic E-state index is 0.0488. The van der Waals surface area contributed by atoms with Crippen molar-refractivity contribution in [3.63, 3.8) is 0 Å². The van der Waals surface area contributed by atoms with Gasteiger partial charge in [-0.15, -0.1) is 0 Å². The summed E-state index contributed by atoms with van der Waals surface area (Å²) in [4.78, 5) is 22.2. The van der Waals surface area contributed by atoms with E-state index >= 15 is 0 Å². The molecule has 86 valence electrons. The second-order valence-electron chi connectivity index (χ2n) is 2.96. The van der Waals surface area contributed by atoms with Crippen LogP contribution in [0.4, 0.5) is 10.5 Å². The molecule has 0 atom stereocenters. The highest BCUT2D eigenvalue weighted by molar-refractivity contribution is 9.10. The highest BCUT2D eigenvalue weighted by Gasteiger charge is 2.05. The highest BCUT2D eigenvalue weighted by Crippen LogP contribution is 2.20. The molecular weight excluding hydrogens is 274 g/mol. The summed E-state index contributed by atoms with van der Waals surface area (Å²) < 4.78 is 0.782. The van der Waals surface area contributed by atoms with Crippen molar-refractivity contribution in [2.75, 3.05) is 18.9 Å². The third-order valence-electron chi connectivity index (χ3n) is 1.81. The number of halogens is 1. The minimum Gasteiger partial charge on any atom is -0.358 e. The van der Waals surface area contributed by atoms with Crippen LogP contribution in [-0.2, 0) is 4.79 Å². The van der Waals surface area contributed by atoms with Gasteiger partial charge in [0.2, 0.25) is 5.91 Å². The Balaban J connectivity index is 2.46. The number of carbonyl (C=O) groups is 2. The molecule has 0 aromatic heterocycles. The fourth-order valence-electron chi connectivity index (χ4n) is 0.978. The van der Waals surface area contributed by atoms with E-state index in [9.17, 15) is 9.59 Å². The van der Waals surface area contributed by atoms with Crippen LogP contribution in [0.25, 0.3) is 0 Å². The van der Waals surface area contributed by atoms with Gasteiger partial charge >= 0.3 is 6.03 Å². The lowest BCUT2D eigenvalue weighted by molar-refractivity contribution is -0.119. The fraction of sp³-hybridized carbons (Fsp3) is 0.200. The predicted octanol–water partition coefficient (Wildman–Crippen LogP) is 1.32. The van der Waals surface area contributed by atoms with Crippen molar-refractivity contribution in [3.05, 3.63) is 28.7 Å². The molecule has 1 aromatic carbocycles.